The minimum atomic E-state index is -1.12. The van der Waals surface area contributed by atoms with Crippen molar-refractivity contribution in [1.82, 2.24) is 0 Å². The molecule has 0 aromatic carbocycles. The number of rotatable bonds is 5. The molecule has 0 aromatic rings. The van der Waals surface area contributed by atoms with Gasteiger partial charge >= 0.3 is 5.97 Å². The molecule has 5 heteroatoms. The Morgan fingerprint density at radius 3 is 1.92 bits per heavy atom. The number of aliphatic hydroxyl groups excluding tert-OH is 3. The van der Waals surface area contributed by atoms with Gasteiger partial charge in [-0.25, -0.2) is 0 Å². The Morgan fingerprint density at radius 2 is 1.67 bits per heavy atom. The Labute approximate surface area is 70.6 Å². The van der Waals surface area contributed by atoms with E-state index in [1.165, 1.54) is 6.92 Å². The van der Waals surface area contributed by atoms with Crippen LogP contribution in [0.4, 0.5) is 0 Å². The molecular formula is C7H14O5. The Balaban J connectivity index is 4.01. The molecule has 72 valence electrons. The van der Waals surface area contributed by atoms with E-state index in [-0.39, 0.29) is 6.61 Å². The summed E-state index contributed by atoms with van der Waals surface area (Å²) in [5.74, 6) is -0.505. The van der Waals surface area contributed by atoms with Crippen LogP contribution in [0.1, 0.15) is 6.92 Å². The monoisotopic (exact) mass is 178 g/mol. The second kappa shape index (κ2) is 5.08. The number of hydrogen-bond acceptors (Lipinski definition) is 5. The zero-order chi connectivity index (χ0) is 9.61. The summed E-state index contributed by atoms with van der Waals surface area (Å²) in [6.07, 6.45) is 0. The number of ether oxygens (including phenoxy) is 1. The molecule has 0 aromatic heterocycles. The van der Waals surface area contributed by atoms with Crippen LogP contribution in [0.2, 0.25) is 0 Å². The molecule has 0 fully saturated rings. The Hall–Kier alpha value is -0.650. The molecule has 0 saturated carbocycles. The number of hydrogen-bond donors (Lipinski definition) is 3. The van der Waals surface area contributed by atoms with Gasteiger partial charge in [0.05, 0.1) is 25.2 Å². The minimum absolute atomic E-state index is 0.175. The highest BCUT2D eigenvalue weighted by Gasteiger charge is 2.29. The van der Waals surface area contributed by atoms with E-state index in [2.05, 4.69) is 4.74 Å². The lowest BCUT2D eigenvalue weighted by Crippen LogP contribution is -2.39. The average molecular weight is 178 g/mol. The lowest BCUT2D eigenvalue weighted by molar-refractivity contribution is -0.148. The van der Waals surface area contributed by atoms with Crippen molar-refractivity contribution in [2.45, 2.75) is 6.92 Å². The third-order valence-electron chi connectivity index (χ3n) is 1.59. The van der Waals surface area contributed by atoms with Crippen LogP contribution >= 0.6 is 0 Å². The first kappa shape index (κ1) is 11.4. The summed E-state index contributed by atoms with van der Waals surface area (Å²) in [6, 6.07) is 0. The quantitative estimate of drug-likeness (QED) is 0.446. The summed E-state index contributed by atoms with van der Waals surface area (Å²) >= 11 is 0. The summed E-state index contributed by atoms with van der Waals surface area (Å²) in [4.78, 5) is 10.4. The molecule has 5 nitrogen and oxygen atoms in total. The van der Waals surface area contributed by atoms with Crippen molar-refractivity contribution >= 4 is 5.97 Å². The third-order valence-corrected chi connectivity index (χ3v) is 1.59. The van der Waals surface area contributed by atoms with Crippen molar-refractivity contribution in [3.05, 3.63) is 0 Å². The van der Waals surface area contributed by atoms with Gasteiger partial charge in [0.25, 0.3) is 0 Å². The normalized spacial score (nSPS) is 11.3. The molecule has 0 heterocycles. The zero-order valence-corrected chi connectivity index (χ0v) is 6.99. The van der Waals surface area contributed by atoms with Crippen LogP contribution in [0.15, 0.2) is 0 Å². The van der Waals surface area contributed by atoms with Crippen LogP contribution < -0.4 is 0 Å². The number of esters is 1. The lowest BCUT2D eigenvalue weighted by Gasteiger charge is -2.25. The summed E-state index contributed by atoms with van der Waals surface area (Å²) in [5.41, 5.74) is -1.12. The van der Waals surface area contributed by atoms with E-state index in [9.17, 15) is 4.79 Å². The molecule has 0 radical (unpaired) electrons. The number of carbonyl (C=O) groups excluding carboxylic acids is 1. The molecule has 0 aliphatic rings. The van der Waals surface area contributed by atoms with E-state index in [0.717, 1.165) is 0 Å². The molecular weight excluding hydrogens is 164 g/mol. The standard InChI is InChI=1S/C7H14O5/c1-6(11)12-5-7(2-8,3-9)4-10/h8-10H,2-5H2,1H3. The molecule has 0 rings (SSSR count). The Kier molecular flexibility index (Phi) is 4.80. The van der Waals surface area contributed by atoms with Crippen molar-refractivity contribution in [2.24, 2.45) is 5.41 Å². The second-order valence-electron chi connectivity index (χ2n) is 2.75. The highest BCUT2D eigenvalue weighted by Crippen LogP contribution is 2.14. The van der Waals surface area contributed by atoms with Gasteiger partial charge in [-0.05, 0) is 0 Å². The van der Waals surface area contributed by atoms with Crippen LogP contribution in [0.5, 0.6) is 0 Å². The fourth-order valence-corrected chi connectivity index (χ4v) is 0.542. The van der Waals surface area contributed by atoms with Gasteiger partial charge in [-0.15, -0.1) is 0 Å². The van der Waals surface area contributed by atoms with Crippen LogP contribution in [0.25, 0.3) is 0 Å². The van der Waals surface area contributed by atoms with Crippen molar-refractivity contribution < 1.29 is 24.9 Å². The maximum absolute atomic E-state index is 10.4. The predicted octanol–water partition coefficient (Wildman–Crippen LogP) is -1.49. The predicted molar refractivity (Wildman–Crippen MR) is 40.3 cm³/mol. The molecule has 0 bridgehead atoms. The molecule has 3 N–H and O–H groups in total. The molecule has 0 aliphatic heterocycles. The first-order valence-electron chi connectivity index (χ1n) is 3.56. The van der Waals surface area contributed by atoms with Crippen molar-refractivity contribution in [1.29, 1.82) is 0 Å². The van der Waals surface area contributed by atoms with Gasteiger partial charge in [0.15, 0.2) is 0 Å². The van der Waals surface area contributed by atoms with E-state index in [1.807, 2.05) is 0 Å². The first-order chi connectivity index (χ1) is 5.60. The van der Waals surface area contributed by atoms with Gasteiger partial charge in [0, 0.05) is 6.92 Å². The van der Waals surface area contributed by atoms with Gasteiger partial charge < -0.3 is 20.1 Å². The molecule has 0 spiro atoms. The highest BCUT2D eigenvalue weighted by molar-refractivity contribution is 5.65. The fourth-order valence-electron chi connectivity index (χ4n) is 0.542. The van der Waals surface area contributed by atoms with E-state index in [0.29, 0.717) is 0 Å². The summed E-state index contributed by atoms with van der Waals surface area (Å²) in [6.45, 7) is -0.226. The Morgan fingerprint density at radius 1 is 1.25 bits per heavy atom. The molecule has 0 unspecified atom stereocenters. The first-order valence-corrected chi connectivity index (χ1v) is 3.56. The topological polar surface area (TPSA) is 87.0 Å². The third kappa shape index (κ3) is 3.17. The summed E-state index contributed by atoms with van der Waals surface area (Å²) < 4.78 is 4.56. The van der Waals surface area contributed by atoms with Gasteiger partial charge in [0.2, 0.25) is 0 Å². The Bertz CT molecular complexity index is 132. The average Bonchev–Trinajstić information content (AvgIpc) is 2.08. The number of aliphatic hydroxyl groups is 3. The molecule has 12 heavy (non-hydrogen) atoms. The van der Waals surface area contributed by atoms with E-state index >= 15 is 0 Å². The maximum atomic E-state index is 10.4. The summed E-state index contributed by atoms with van der Waals surface area (Å²) in [5, 5.41) is 26.3. The molecule has 0 saturated heterocycles. The largest absolute Gasteiger partial charge is 0.465 e. The van der Waals surface area contributed by atoms with Gasteiger partial charge in [0.1, 0.15) is 6.61 Å². The van der Waals surface area contributed by atoms with E-state index < -0.39 is 31.2 Å². The van der Waals surface area contributed by atoms with Crippen LogP contribution in [-0.2, 0) is 9.53 Å². The van der Waals surface area contributed by atoms with Gasteiger partial charge in [-0.3, -0.25) is 4.79 Å². The van der Waals surface area contributed by atoms with Crippen LogP contribution in [-0.4, -0.2) is 47.7 Å². The van der Waals surface area contributed by atoms with Crippen LogP contribution in [0.3, 0.4) is 0 Å². The molecule has 0 amide bonds. The zero-order valence-electron chi connectivity index (χ0n) is 6.99. The molecule has 0 atom stereocenters. The van der Waals surface area contributed by atoms with Crippen molar-refractivity contribution in [3.63, 3.8) is 0 Å². The van der Waals surface area contributed by atoms with Gasteiger partial charge in [-0.2, -0.15) is 0 Å². The second-order valence-corrected chi connectivity index (χ2v) is 2.75. The van der Waals surface area contributed by atoms with E-state index in [4.69, 9.17) is 15.3 Å². The van der Waals surface area contributed by atoms with Crippen molar-refractivity contribution in [2.75, 3.05) is 26.4 Å². The lowest BCUT2D eigenvalue weighted by atomic mass is 9.93. The smallest absolute Gasteiger partial charge is 0.302 e. The van der Waals surface area contributed by atoms with Crippen LogP contribution in [0, 0.1) is 5.41 Å². The van der Waals surface area contributed by atoms with Gasteiger partial charge in [-0.1, -0.05) is 0 Å². The van der Waals surface area contributed by atoms with Crippen molar-refractivity contribution in [3.8, 4) is 0 Å². The summed E-state index contributed by atoms with van der Waals surface area (Å²) in [7, 11) is 0. The maximum Gasteiger partial charge on any atom is 0.302 e. The highest BCUT2D eigenvalue weighted by atomic mass is 16.5. The molecule has 0 aliphatic carbocycles. The SMILES string of the molecule is CC(=O)OCC(CO)(CO)CO. The fraction of sp³-hybridized carbons (Fsp3) is 0.857. The van der Waals surface area contributed by atoms with E-state index in [1.54, 1.807) is 0 Å². The minimum Gasteiger partial charge on any atom is -0.465 e. The number of carbonyl (C=O) groups is 1.